The average molecular weight is 429 g/mol. The predicted molar refractivity (Wildman–Crippen MR) is 114 cm³/mol. The average Bonchev–Trinajstić information content (AvgIpc) is 3.27. The van der Waals surface area contributed by atoms with E-state index in [-0.39, 0.29) is 19.1 Å². The number of carbonyl (C=O) groups excluding carboxylic acids is 2. The van der Waals surface area contributed by atoms with Crippen LogP contribution in [0, 0.1) is 0 Å². The highest BCUT2D eigenvalue weighted by atomic mass is 16.5. The van der Waals surface area contributed by atoms with Crippen molar-refractivity contribution >= 4 is 23.6 Å². The molecule has 31 heavy (non-hydrogen) atoms. The molecular formula is C21H27N5O5. The summed E-state index contributed by atoms with van der Waals surface area (Å²) in [6, 6.07) is 4.45. The van der Waals surface area contributed by atoms with Gasteiger partial charge in [0.05, 0.1) is 19.9 Å². The lowest BCUT2D eigenvalue weighted by molar-refractivity contribution is -0.136. The molecule has 1 aromatic carbocycles. The van der Waals surface area contributed by atoms with Gasteiger partial charge in [0.15, 0.2) is 12.2 Å². The maximum absolute atomic E-state index is 13.3. The quantitative estimate of drug-likeness (QED) is 0.730. The first-order valence-electron chi connectivity index (χ1n) is 10.1. The topological polar surface area (TPSA) is 98.1 Å². The molecule has 1 fully saturated rings. The van der Waals surface area contributed by atoms with Gasteiger partial charge < -0.3 is 19.5 Å². The second-order valence-electron chi connectivity index (χ2n) is 7.66. The van der Waals surface area contributed by atoms with Crippen molar-refractivity contribution in [1.29, 1.82) is 0 Å². The number of hydrogen-bond donors (Lipinski definition) is 1. The molecule has 0 radical (unpaired) electrons. The number of methoxy groups -OCH3 is 2. The van der Waals surface area contributed by atoms with Crippen LogP contribution in [0.15, 0.2) is 34.6 Å². The summed E-state index contributed by atoms with van der Waals surface area (Å²) in [5.41, 5.74) is 2.55. The van der Waals surface area contributed by atoms with Gasteiger partial charge in [-0.2, -0.15) is 0 Å². The monoisotopic (exact) mass is 429 g/mol. The largest absolute Gasteiger partial charge is 0.497 e. The fourth-order valence-corrected chi connectivity index (χ4v) is 4.31. The number of likely N-dealkylation sites (N-methyl/N-ethyl adjacent to an activating group) is 1. The molecule has 0 bridgehead atoms. The Morgan fingerprint density at radius 3 is 2.52 bits per heavy atom. The molecule has 1 aromatic rings. The van der Waals surface area contributed by atoms with Gasteiger partial charge in [-0.3, -0.25) is 19.5 Å². The molecule has 2 unspecified atom stereocenters. The van der Waals surface area contributed by atoms with Crippen molar-refractivity contribution in [2.45, 2.75) is 32.5 Å². The third kappa shape index (κ3) is 3.01. The summed E-state index contributed by atoms with van der Waals surface area (Å²) in [5, 5.41) is 9.17. The molecule has 3 heterocycles. The zero-order chi connectivity index (χ0) is 22.4. The number of urea groups is 1. The van der Waals surface area contributed by atoms with Crippen molar-refractivity contribution in [2.24, 2.45) is 4.99 Å². The van der Waals surface area contributed by atoms with E-state index >= 15 is 0 Å². The molecule has 3 aliphatic heterocycles. The molecular weight excluding hydrogens is 402 g/mol. The summed E-state index contributed by atoms with van der Waals surface area (Å²) in [6.07, 6.45) is -0.297. The molecule has 10 nitrogen and oxygen atoms in total. The standard InChI is InChI=1S/C21H27N5O5/c1-12-13(2)26-17-18(23(3)21(29)24(19(17)28)9-6-10-27)22-20(26)25(12)15-8-7-14(30-4)11-16(15)31-5/h7-8,11,17-18,27H,6,9-10H2,1-5H3. The summed E-state index contributed by atoms with van der Waals surface area (Å²) in [5.74, 6) is 1.53. The van der Waals surface area contributed by atoms with Gasteiger partial charge in [-0.15, -0.1) is 0 Å². The number of nitrogens with zero attached hydrogens (tertiary/aromatic N) is 5. The fourth-order valence-electron chi connectivity index (χ4n) is 4.31. The summed E-state index contributed by atoms with van der Waals surface area (Å²) in [7, 11) is 4.83. The van der Waals surface area contributed by atoms with Crippen LogP contribution < -0.4 is 14.4 Å². The van der Waals surface area contributed by atoms with Crippen LogP contribution in [0.2, 0.25) is 0 Å². The van der Waals surface area contributed by atoms with Crippen LogP contribution in [0.4, 0.5) is 10.5 Å². The number of aliphatic hydroxyl groups excluding tert-OH is 1. The first-order chi connectivity index (χ1) is 14.8. The highest BCUT2D eigenvalue weighted by molar-refractivity contribution is 6.11. The van der Waals surface area contributed by atoms with Gasteiger partial charge in [0.25, 0.3) is 5.91 Å². The van der Waals surface area contributed by atoms with Crippen molar-refractivity contribution in [3.8, 4) is 11.5 Å². The molecule has 0 spiro atoms. The van der Waals surface area contributed by atoms with E-state index in [1.54, 1.807) is 27.3 Å². The number of imide groups is 1. The van der Waals surface area contributed by atoms with Crippen molar-refractivity contribution < 1.29 is 24.2 Å². The molecule has 3 aliphatic rings. The minimum absolute atomic E-state index is 0.0938. The highest BCUT2D eigenvalue weighted by Gasteiger charge is 2.56. The van der Waals surface area contributed by atoms with Crippen LogP contribution in [0.5, 0.6) is 11.5 Å². The molecule has 166 valence electrons. The zero-order valence-corrected chi connectivity index (χ0v) is 18.3. The van der Waals surface area contributed by atoms with E-state index in [0.717, 1.165) is 17.1 Å². The summed E-state index contributed by atoms with van der Waals surface area (Å²) < 4.78 is 10.9. The van der Waals surface area contributed by atoms with Crippen LogP contribution >= 0.6 is 0 Å². The van der Waals surface area contributed by atoms with Crippen LogP contribution in [0.1, 0.15) is 20.3 Å². The van der Waals surface area contributed by atoms with Crippen molar-refractivity contribution in [3.05, 3.63) is 29.6 Å². The maximum atomic E-state index is 13.3. The predicted octanol–water partition coefficient (Wildman–Crippen LogP) is 1.42. The number of allylic oxidation sites excluding steroid dienone is 2. The van der Waals surface area contributed by atoms with Gasteiger partial charge in [-0.05, 0) is 32.4 Å². The van der Waals surface area contributed by atoms with Gasteiger partial charge in [-0.25, -0.2) is 9.79 Å². The summed E-state index contributed by atoms with van der Waals surface area (Å²) in [4.78, 5) is 37.4. The lowest BCUT2D eigenvalue weighted by Crippen LogP contribution is -2.64. The molecule has 1 saturated heterocycles. The van der Waals surface area contributed by atoms with E-state index in [1.165, 1.54) is 9.80 Å². The first-order valence-corrected chi connectivity index (χ1v) is 10.1. The highest BCUT2D eigenvalue weighted by Crippen LogP contribution is 2.43. The van der Waals surface area contributed by atoms with Crippen LogP contribution in [0.25, 0.3) is 0 Å². The molecule has 0 aromatic heterocycles. The number of aliphatic hydroxyl groups is 1. The second kappa shape index (κ2) is 7.77. The lowest BCUT2D eigenvalue weighted by atomic mass is 10.1. The van der Waals surface area contributed by atoms with Crippen LogP contribution in [-0.2, 0) is 4.79 Å². The van der Waals surface area contributed by atoms with Crippen LogP contribution in [0.3, 0.4) is 0 Å². The molecule has 2 atom stereocenters. The third-order valence-electron chi connectivity index (χ3n) is 6.06. The molecule has 1 N–H and O–H groups in total. The number of ether oxygens (including phenoxy) is 2. The van der Waals surface area contributed by atoms with E-state index in [9.17, 15) is 9.59 Å². The lowest BCUT2D eigenvalue weighted by Gasteiger charge is -2.40. The number of benzene rings is 1. The van der Waals surface area contributed by atoms with E-state index in [4.69, 9.17) is 19.6 Å². The Labute approximate surface area is 180 Å². The Morgan fingerprint density at radius 1 is 1.13 bits per heavy atom. The zero-order valence-electron chi connectivity index (χ0n) is 18.3. The number of amides is 3. The Morgan fingerprint density at radius 2 is 1.87 bits per heavy atom. The van der Waals surface area contributed by atoms with E-state index in [2.05, 4.69) is 0 Å². The van der Waals surface area contributed by atoms with Gasteiger partial charge >= 0.3 is 6.03 Å². The fraction of sp³-hybridized carbons (Fsp3) is 0.476. The first kappa shape index (κ1) is 21.0. The molecule has 10 heteroatoms. The van der Waals surface area contributed by atoms with Crippen molar-refractivity contribution in [3.63, 3.8) is 0 Å². The van der Waals surface area contributed by atoms with E-state index in [0.29, 0.717) is 23.9 Å². The Balaban J connectivity index is 1.76. The van der Waals surface area contributed by atoms with E-state index < -0.39 is 18.2 Å². The number of aliphatic imine (C=N–C) groups is 1. The summed E-state index contributed by atoms with van der Waals surface area (Å²) >= 11 is 0. The normalized spacial score (nSPS) is 22.8. The van der Waals surface area contributed by atoms with Gasteiger partial charge in [0.2, 0.25) is 5.96 Å². The molecule has 0 saturated carbocycles. The van der Waals surface area contributed by atoms with Crippen molar-refractivity contribution in [2.75, 3.05) is 39.3 Å². The number of carbonyl (C=O) groups is 2. The maximum Gasteiger partial charge on any atom is 0.328 e. The van der Waals surface area contributed by atoms with Gasteiger partial charge in [-0.1, -0.05) is 0 Å². The van der Waals surface area contributed by atoms with Gasteiger partial charge in [0, 0.05) is 37.7 Å². The number of rotatable bonds is 6. The SMILES string of the molecule is COc1ccc(N2C3=NC4C(C(=O)N(CCCO)C(=O)N4C)N3C(C)=C2C)c(OC)c1. The number of guanidine groups is 1. The molecule has 4 rings (SSSR count). The number of fused-ring (bicyclic) bond motifs is 3. The summed E-state index contributed by atoms with van der Waals surface area (Å²) in [6.45, 7) is 3.97. The smallest absolute Gasteiger partial charge is 0.328 e. The number of anilines is 1. The third-order valence-corrected chi connectivity index (χ3v) is 6.06. The van der Waals surface area contributed by atoms with Crippen molar-refractivity contribution in [1.82, 2.24) is 14.7 Å². The van der Waals surface area contributed by atoms with Gasteiger partial charge in [0.1, 0.15) is 11.5 Å². The molecule has 0 aliphatic carbocycles. The minimum atomic E-state index is -0.652. The van der Waals surface area contributed by atoms with E-state index in [1.807, 2.05) is 35.8 Å². The van der Waals surface area contributed by atoms with Crippen LogP contribution in [-0.4, -0.2) is 84.3 Å². The minimum Gasteiger partial charge on any atom is -0.497 e. The Bertz CT molecular complexity index is 990. The Hall–Kier alpha value is -3.27. The number of hydrogen-bond acceptors (Lipinski definition) is 8. The molecule has 3 amide bonds. The second-order valence-corrected chi connectivity index (χ2v) is 7.66. The Kier molecular flexibility index (Phi) is 5.26.